The van der Waals surface area contributed by atoms with Crippen LogP contribution in [0.2, 0.25) is 0 Å². The fraction of sp³-hybridized carbons (Fsp3) is 0.643. The van der Waals surface area contributed by atoms with Gasteiger partial charge in [0.15, 0.2) is 0 Å². The van der Waals surface area contributed by atoms with Crippen molar-refractivity contribution in [2.45, 2.75) is 31.8 Å². The van der Waals surface area contributed by atoms with Crippen LogP contribution in [0.1, 0.15) is 25.0 Å². The van der Waals surface area contributed by atoms with E-state index in [1.165, 1.54) is 12.8 Å². The van der Waals surface area contributed by atoms with Crippen molar-refractivity contribution in [3.63, 3.8) is 0 Å². The van der Waals surface area contributed by atoms with Gasteiger partial charge in [-0.15, -0.1) is 0 Å². The smallest absolute Gasteiger partial charge is 0.0749 e. The molecule has 0 bridgehead atoms. The van der Waals surface area contributed by atoms with Crippen LogP contribution in [0.3, 0.4) is 0 Å². The van der Waals surface area contributed by atoms with Gasteiger partial charge >= 0.3 is 0 Å². The number of nitrogens with zero attached hydrogens (tertiary/aromatic N) is 3. The molecule has 1 saturated carbocycles. The number of nitrogens with one attached hydrogen (secondary N) is 1. The van der Waals surface area contributed by atoms with E-state index in [9.17, 15) is 0 Å². The molecule has 4 nitrogen and oxygen atoms in total. The van der Waals surface area contributed by atoms with Crippen LogP contribution >= 0.6 is 15.9 Å². The Balaban J connectivity index is 1.82. The summed E-state index contributed by atoms with van der Waals surface area (Å²) in [5.41, 5.74) is 1.16. The van der Waals surface area contributed by atoms with Crippen molar-refractivity contribution in [3.8, 4) is 0 Å². The highest BCUT2D eigenvalue weighted by Gasteiger charge is 2.19. The molecular formula is C14H23BrN4. The van der Waals surface area contributed by atoms with Gasteiger partial charge in [-0.3, -0.25) is 4.68 Å². The summed E-state index contributed by atoms with van der Waals surface area (Å²) in [5, 5.41) is 7.91. The quantitative estimate of drug-likeness (QED) is 0.744. The Morgan fingerprint density at radius 1 is 1.53 bits per heavy atom. The summed E-state index contributed by atoms with van der Waals surface area (Å²) in [7, 11) is 4.16. The third-order valence-electron chi connectivity index (χ3n) is 3.19. The van der Waals surface area contributed by atoms with Crippen LogP contribution in [0.25, 0.3) is 6.08 Å². The van der Waals surface area contributed by atoms with Crippen LogP contribution in [0.5, 0.6) is 0 Å². The highest BCUT2D eigenvalue weighted by atomic mass is 79.9. The lowest BCUT2D eigenvalue weighted by Crippen LogP contribution is -2.19. The minimum absolute atomic E-state index is 0.797. The van der Waals surface area contributed by atoms with E-state index in [1.54, 1.807) is 0 Å². The maximum atomic E-state index is 4.40. The van der Waals surface area contributed by atoms with Crippen molar-refractivity contribution in [2.75, 3.05) is 27.2 Å². The topological polar surface area (TPSA) is 33.1 Å². The van der Waals surface area contributed by atoms with Crippen molar-refractivity contribution in [1.82, 2.24) is 20.0 Å². The predicted molar refractivity (Wildman–Crippen MR) is 83.2 cm³/mol. The Labute approximate surface area is 124 Å². The van der Waals surface area contributed by atoms with Crippen LogP contribution in [0.15, 0.2) is 16.7 Å². The highest BCUT2D eigenvalue weighted by Crippen LogP contribution is 2.19. The molecule has 0 atom stereocenters. The summed E-state index contributed by atoms with van der Waals surface area (Å²) in [6.07, 6.45) is 10.0. The van der Waals surface area contributed by atoms with E-state index in [4.69, 9.17) is 0 Å². The zero-order chi connectivity index (χ0) is 13.7. The van der Waals surface area contributed by atoms with E-state index in [-0.39, 0.29) is 0 Å². The Morgan fingerprint density at radius 3 is 3.00 bits per heavy atom. The maximum absolute atomic E-state index is 4.40. The van der Waals surface area contributed by atoms with E-state index in [2.05, 4.69) is 62.2 Å². The van der Waals surface area contributed by atoms with Crippen molar-refractivity contribution >= 4 is 22.0 Å². The third-order valence-corrected chi connectivity index (χ3v) is 3.80. The molecule has 0 aliphatic heterocycles. The minimum Gasteiger partial charge on any atom is -0.314 e. The maximum Gasteiger partial charge on any atom is 0.0749 e. The molecule has 0 aromatic carbocycles. The van der Waals surface area contributed by atoms with Gasteiger partial charge in [-0.25, -0.2) is 0 Å². The van der Waals surface area contributed by atoms with Crippen LogP contribution < -0.4 is 5.32 Å². The lowest BCUT2D eigenvalue weighted by Gasteiger charge is -2.10. The van der Waals surface area contributed by atoms with E-state index < -0.39 is 0 Å². The van der Waals surface area contributed by atoms with Crippen molar-refractivity contribution in [1.29, 1.82) is 0 Å². The van der Waals surface area contributed by atoms with Crippen LogP contribution in [0.4, 0.5) is 0 Å². The fourth-order valence-corrected chi connectivity index (χ4v) is 2.29. The number of aromatic nitrogens is 2. The first kappa shape index (κ1) is 14.8. The second-order valence-electron chi connectivity index (χ2n) is 5.32. The number of hydrogen-bond donors (Lipinski definition) is 1. The Hall–Kier alpha value is -0.650. The van der Waals surface area contributed by atoms with E-state index in [0.717, 1.165) is 42.3 Å². The molecule has 1 heterocycles. The van der Waals surface area contributed by atoms with E-state index in [0.29, 0.717) is 0 Å². The first-order valence-corrected chi connectivity index (χ1v) is 7.72. The molecule has 1 aromatic heterocycles. The number of likely N-dealkylation sites (N-methyl/N-ethyl adjacent to an activating group) is 1. The number of hydrogen-bond acceptors (Lipinski definition) is 3. The summed E-state index contributed by atoms with van der Waals surface area (Å²) < 4.78 is 3.12. The second-order valence-corrected chi connectivity index (χ2v) is 6.18. The molecule has 106 valence electrons. The molecule has 1 aliphatic carbocycles. The second kappa shape index (κ2) is 7.22. The monoisotopic (exact) mass is 326 g/mol. The first-order chi connectivity index (χ1) is 9.16. The molecule has 1 N–H and O–H groups in total. The van der Waals surface area contributed by atoms with Gasteiger partial charge in [-0.05, 0) is 61.9 Å². The number of halogens is 1. The van der Waals surface area contributed by atoms with Crippen LogP contribution in [-0.4, -0.2) is 47.9 Å². The molecule has 1 aliphatic rings. The molecular weight excluding hydrogens is 304 g/mol. The van der Waals surface area contributed by atoms with E-state index >= 15 is 0 Å². The zero-order valence-electron chi connectivity index (χ0n) is 11.8. The molecule has 0 unspecified atom stereocenters. The van der Waals surface area contributed by atoms with Crippen molar-refractivity contribution < 1.29 is 0 Å². The molecule has 1 aromatic rings. The average molecular weight is 327 g/mol. The number of rotatable bonds is 8. The summed E-state index contributed by atoms with van der Waals surface area (Å²) in [5.74, 6) is 0. The summed E-state index contributed by atoms with van der Waals surface area (Å²) in [6, 6.07) is 0.797. The van der Waals surface area contributed by atoms with Gasteiger partial charge in [0.25, 0.3) is 0 Å². The lowest BCUT2D eigenvalue weighted by molar-refractivity contribution is 0.372. The molecule has 0 amide bonds. The van der Waals surface area contributed by atoms with Crippen LogP contribution in [0, 0.1) is 0 Å². The Bertz CT molecular complexity index is 421. The zero-order valence-corrected chi connectivity index (χ0v) is 13.4. The van der Waals surface area contributed by atoms with Gasteiger partial charge in [-0.1, -0.05) is 6.08 Å². The predicted octanol–water partition coefficient (Wildman–Crippen LogP) is 2.36. The largest absolute Gasteiger partial charge is 0.314 e. The van der Waals surface area contributed by atoms with Gasteiger partial charge in [0, 0.05) is 12.6 Å². The molecule has 0 radical (unpaired) electrons. The lowest BCUT2D eigenvalue weighted by atomic mass is 10.3. The molecule has 0 saturated heterocycles. The van der Waals surface area contributed by atoms with Gasteiger partial charge in [0.2, 0.25) is 0 Å². The van der Waals surface area contributed by atoms with Gasteiger partial charge in [-0.2, -0.15) is 5.10 Å². The van der Waals surface area contributed by atoms with E-state index in [1.807, 2.05) is 6.20 Å². The Morgan fingerprint density at radius 2 is 2.32 bits per heavy atom. The van der Waals surface area contributed by atoms with Gasteiger partial charge in [0.05, 0.1) is 22.9 Å². The SMILES string of the molecule is CN(C)CCn1ncc(Br)c1/C=C/CCNC1CC1. The first-order valence-electron chi connectivity index (χ1n) is 6.93. The van der Waals surface area contributed by atoms with Crippen LogP contribution in [-0.2, 0) is 6.54 Å². The average Bonchev–Trinajstić information content (AvgIpc) is 3.12. The van der Waals surface area contributed by atoms with Gasteiger partial charge in [0.1, 0.15) is 0 Å². The summed E-state index contributed by atoms with van der Waals surface area (Å²) in [4.78, 5) is 2.17. The molecule has 1 fully saturated rings. The van der Waals surface area contributed by atoms with Crippen molar-refractivity contribution in [2.24, 2.45) is 0 Å². The fourth-order valence-electron chi connectivity index (χ4n) is 1.86. The molecule has 5 heteroatoms. The van der Waals surface area contributed by atoms with Crippen molar-refractivity contribution in [3.05, 3.63) is 22.4 Å². The summed E-state index contributed by atoms with van der Waals surface area (Å²) >= 11 is 3.56. The minimum atomic E-state index is 0.797. The normalized spacial score (nSPS) is 15.8. The Kier molecular flexibility index (Phi) is 5.60. The van der Waals surface area contributed by atoms with Gasteiger partial charge < -0.3 is 10.2 Å². The standard InChI is InChI=1S/C14H23BrN4/c1-18(2)9-10-19-14(13(15)11-17-19)5-3-4-8-16-12-6-7-12/h3,5,11-12,16H,4,6-10H2,1-2H3/b5-3+. The summed E-state index contributed by atoms with van der Waals surface area (Å²) in [6.45, 7) is 2.99. The highest BCUT2D eigenvalue weighted by molar-refractivity contribution is 9.10. The molecule has 0 spiro atoms. The molecule has 19 heavy (non-hydrogen) atoms. The third kappa shape index (κ3) is 5.09. The molecule has 2 rings (SSSR count).